The van der Waals surface area contributed by atoms with Crippen LogP contribution < -0.4 is 16.4 Å². The molecular weight excluding hydrogens is 326 g/mol. The van der Waals surface area contributed by atoms with Crippen LogP contribution in [0.25, 0.3) is 0 Å². The van der Waals surface area contributed by atoms with E-state index in [1.165, 1.54) is 4.88 Å². The minimum absolute atomic E-state index is 0.274. The summed E-state index contributed by atoms with van der Waals surface area (Å²) in [5, 5.41) is 6.45. The SMILES string of the molecule is CCCNc1cc(NCc2ccc(Br)s2)nc(N)n1. The van der Waals surface area contributed by atoms with Gasteiger partial charge in [-0.2, -0.15) is 9.97 Å². The number of rotatable bonds is 6. The van der Waals surface area contributed by atoms with Crippen molar-refractivity contribution < 1.29 is 0 Å². The third kappa shape index (κ3) is 4.36. The molecule has 2 heterocycles. The van der Waals surface area contributed by atoms with Gasteiger partial charge in [0.15, 0.2) is 0 Å². The number of hydrogen-bond donors (Lipinski definition) is 3. The molecule has 0 aliphatic carbocycles. The van der Waals surface area contributed by atoms with Crippen LogP contribution in [0.1, 0.15) is 18.2 Å². The molecule has 7 heteroatoms. The maximum atomic E-state index is 5.70. The van der Waals surface area contributed by atoms with E-state index in [2.05, 4.69) is 49.5 Å². The number of halogens is 1. The number of nitrogens with zero attached hydrogens (tertiary/aromatic N) is 2. The van der Waals surface area contributed by atoms with E-state index in [0.717, 1.165) is 34.9 Å². The second kappa shape index (κ2) is 6.72. The van der Waals surface area contributed by atoms with Gasteiger partial charge in [0.2, 0.25) is 5.95 Å². The number of thiophene rings is 1. The van der Waals surface area contributed by atoms with E-state index in [4.69, 9.17) is 5.73 Å². The van der Waals surface area contributed by atoms with Crippen LogP contribution in [0.5, 0.6) is 0 Å². The average molecular weight is 342 g/mol. The van der Waals surface area contributed by atoms with Crippen LogP contribution in [0.15, 0.2) is 22.0 Å². The van der Waals surface area contributed by atoms with Crippen molar-refractivity contribution in [2.75, 3.05) is 22.9 Å². The van der Waals surface area contributed by atoms with Crippen LogP contribution in [0.4, 0.5) is 17.6 Å². The smallest absolute Gasteiger partial charge is 0.223 e. The van der Waals surface area contributed by atoms with Gasteiger partial charge in [-0.3, -0.25) is 0 Å². The fourth-order valence-electron chi connectivity index (χ4n) is 1.52. The number of nitrogens with two attached hydrogens (primary N) is 1. The van der Waals surface area contributed by atoms with Gasteiger partial charge < -0.3 is 16.4 Å². The van der Waals surface area contributed by atoms with E-state index in [-0.39, 0.29) is 5.95 Å². The van der Waals surface area contributed by atoms with Crippen LogP contribution in [-0.4, -0.2) is 16.5 Å². The molecule has 2 aromatic rings. The summed E-state index contributed by atoms with van der Waals surface area (Å²) < 4.78 is 1.12. The average Bonchev–Trinajstić information content (AvgIpc) is 2.79. The van der Waals surface area contributed by atoms with E-state index < -0.39 is 0 Å². The molecule has 0 fully saturated rings. The number of hydrogen-bond acceptors (Lipinski definition) is 6. The van der Waals surface area contributed by atoms with Crippen molar-refractivity contribution in [3.63, 3.8) is 0 Å². The zero-order chi connectivity index (χ0) is 13.7. The zero-order valence-electron chi connectivity index (χ0n) is 10.6. The van der Waals surface area contributed by atoms with Gasteiger partial charge in [-0.1, -0.05) is 6.92 Å². The molecule has 0 amide bonds. The quantitative estimate of drug-likeness (QED) is 0.751. The minimum atomic E-state index is 0.274. The highest BCUT2D eigenvalue weighted by Crippen LogP contribution is 2.23. The highest BCUT2D eigenvalue weighted by atomic mass is 79.9. The summed E-state index contributed by atoms with van der Waals surface area (Å²) in [5.74, 6) is 1.76. The number of anilines is 3. The Bertz CT molecular complexity index is 543. The first kappa shape index (κ1) is 14.1. The summed E-state index contributed by atoms with van der Waals surface area (Å²) in [6.07, 6.45) is 1.04. The molecule has 0 bridgehead atoms. The molecule has 0 radical (unpaired) electrons. The minimum Gasteiger partial charge on any atom is -0.370 e. The second-order valence-corrected chi connectivity index (χ2v) is 6.53. The van der Waals surface area contributed by atoms with Crippen molar-refractivity contribution in [1.29, 1.82) is 0 Å². The van der Waals surface area contributed by atoms with E-state index >= 15 is 0 Å². The van der Waals surface area contributed by atoms with E-state index in [1.807, 2.05) is 12.1 Å². The van der Waals surface area contributed by atoms with Crippen molar-refractivity contribution in [1.82, 2.24) is 9.97 Å². The molecule has 0 aliphatic heterocycles. The molecule has 19 heavy (non-hydrogen) atoms. The number of aromatic nitrogens is 2. The summed E-state index contributed by atoms with van der Waals surface area (Å²) in [7, 11) is 0. The normalized spacial score (nSPS) is 10.4. The van der Waals surface area contributed by atoms with E-state index in [1.54, 1.807) is 11.3 Å². The van der Waals surface area contributed by atoms with Gasteiger partial charge in [-0.25, -0.2) is 0 Å². The second-order valence-electron chi connectivity index (χ2n) is 3.98. The van der Waals surface area contributed by atoms with Gasteiger partial charge in [0.05, 0.1) is 10.3 Å². The lowest BCUT2D eigenvalue weighted by Crippen LogP contribution is -2.08. The Labute approximate surface area is 124 Å². The van der Waals surface area contributed by atoms with Gasteiger partial charge in [0.25, 0.3) is 0 Å². The molecule has 4 N–H and O–H groups in total. The van der Waals surface area contributed by atoms with Crippen LogP contribution in [-0.2, 0) is 6.54 Å². The molecule has 5 nitrogen and oxygen atoms in total. The van der Waals surface area contributed by atoms with E-state index in [0.29, 0.717) is 0 Å². The van der Waals surface area contributed by atoms with Crippen LogP contribution in [0.3, 0.4) is 0 Å². The third-order valence-corrected chi connectivity index (χ3v) is 4.00. The fraction of sp³-hybridized carbons (Fsp3) is 0.333. The molecule has 0 aromatic carbocycles. The lowest BCUT2D eigenvalue weighted by atomic mass is 10.4. The molecule has 0 saturated carbocycles. The first-order valence-corrected chi connectivity index (χ1v) is 7.65. The predicted octanol–water partition coefficient (Wildman–Crippen LogP) is 3.32. The fourth-order valence-corrected chi connectivity index (χ4v) is 2.95. The zero-order valence-corrected chi connectivity index (χ0v) is 13.0. The Balaban J connectivity index is 2.01. The Morgan fingerprint density at radius 3 is 2.63 bits per heavy atom. The summed E-state index contributed by atoms with van der Waals surface area (Å²) in [5.41, 5.74) is 5.70. The monoisotopic (exact) mass is 341 g/mol. The lowest BCUT2D eigenvalue weighted by Gasteiger charge is -2.08. The molecule has 102 valence electrons. The highest BCUT2D eigenvalue weighted by Gasteiger charge is 2.03. The maximum absolute atomic E-state index is 5.70. The number of nitrogen functional groups attached to an aromatic ring is 1. The van der Waals surface area contributed by atoms with E-state index in [9.17, 15) is 0 Å². The third-order valence-electron chi connectivity index (χ3n) is 2.37. The number of nitrogens with one attached hydrogen (secondary N) is 2. The standard InChI is InChI=1S/C12H16BrN5S/c1-2-5-15-10-6-11(18-12(14)17-10)16-7-8-3-4-9(13)19-8/h3-4,6H,2,5,7H2,1H3,(H4,14,15,16,17,18). The molecule has 0 spiro atoms. The van der Waals surface area contributed by atoms with Crippen molar-refractivity contribution in [2.24, 2.45) is 0 Å². The van der Waals surface area contributed by atoms with Crippen molar-refractivity contribution >= 4 is 44.9 Å². The molecule has 0 aliphatic rings. The molecule has 0 saturated heterocycles. The van der Waals surface area contributed by atoms with Crippen LogP contribution in [0, 0.1) is 0 Å². The summed E-state index contributed by atoms with van der Waals surface area (Å²) in [6.45, 7) is 3.69. The molecule has 2 rings (SSSR count). The maximum Gasteiger partial charge on any atom is 0.223 e. The van der Waals surface area contributed by atoms with Crippen molar-refractivity contribution in [3.05, 3.63) is 26.9 Å². The molecule has 2 aromatic heterocycles. The van der Waals surface area contributed by atoms with Gasteiger partial charge in [-0.05, 0) is 34.5 Å². The van der Waals surface area contributed by atoms with Gasteiger partial charge in [0, 0.05) is 17.5 Å². The highest BCUT2D eigenvalue weighted by molar-refractivity contribution is 9.11. The Kier molecular flexibility index (Phi) is 4.98. The topological polar surface area (TPSA) is 75.9 Å². The van der Waals surface area contributed by atoms with Crippen LogP contribution >= 0.6 is 27.3 Å². The first-order chi connectivity index (χ1) is 9.17. The molecule has 0 atom stereocenters. The first-order valence-electron chi connectivity index (χ1n) is 6.04. The van der Waals surface area contributed by atoms with Gasteiger partial charge in [-0.15, -0.1) is 11.3 Å². The molecule has 0 unspecified atom stereocenters. The Hall–Kier alpha value is -1.34. The molecular formula is C12H16BrN5S. The van der Waals surface area contributed by atoms with Crippen molar-refractivity contribution in [2.45, 2.75) is 19.9 Å². The Morgan fingerprint density at radius 1 is 1.26 bits per heavy atom. The summed E-state index contributed by atoms with van der Waals surface area (Å²) in [6, 6.07) is 5.97. The predicted molar refractivity (Wildman–Crippen MR) is 84.6 cm³/mol. The van der Waals surface area contributed by atoms with Gasteiger partial charge >= 0.3 is 0 Å². The lowest BCUT2D eigenvalue weighted by molar-refractivity contribution is 0.965. The largest absolute Gasteiger partial charge is 0.370 e. The van der Waals surface area contributed by atoms with Crippen molar-refractivity contribution in [3.8, 4) is 0 Å². The summed E-state index contributed by atoms with van der Waals surface area (Å²) >= 11 is 5.14. The van der Waals surface area contributed by atoms with Gasteiger partial charge in [0.1, 0.15) is 11.6 Å². The Morgan fingerprint density at radius 2 is 2.00 bits per heavy atom. The summed E-state index contributed by atoms with van der Waals surface area (Å²) in [4.78, 5) is 9.54. The van der Waals surface area contributed by atoms with Crippen LogP contribution in [0.2, 0.25) is 0 Å².